The van der Waals surface area contributed by atoms with Gasteiger partial charge in [0.05, 0.1) is 22.8 Å². The third-order valence-electron chi connectivity index (χ3n) is 5.07. The number of aromatic nitrogens is 2. The van der Waals surface area contributed by atoms with Gasteiger partial charge in [0.25, 0.3) is 5.91 Å². The van der Waals surface area contributed by atoms with Crippen LogP contribution in [0.1, 0.15) is 21.7 Å². The van der Waals surface area contributed by atoms with Crippen LogP contribution in [0.2, 0.25) is 10.0 Å². The summed E-state index contributed by atoms with van der Waals surface area (Å²) in [6, 6.07) is 14.9. The van der Waals surface area contributed by atoms with E-state index in [1.54, 1.807) is 11.0 Å². The maximum absolute atomic E-state index is 13.1. The van der Waals surface area contributed by atoms with Gasteiger partial charge in [-0.25, -0.2) is 0 Å². The molecule has 0 unspecified atom stereocenters. The normalized spacial score (nSPS) is 13.7. The van der Waals surface area contributed by atoms with Crippen molar-refractivity contribution in [2.45, 2.75) is 13.0 Å². The predicted molar refractivity (Wildman–Crippen MR) is 109 cm³/mol. The second-order valence-corrected chi connectivity index (χ2v) is 7.65. The van der Waals surface area contributed by atoms with E-state index >= 15 is 0 Å². The van der Waals surface area contributed by atoms with Gasteiger partial charge in [0, 0.05) is 34.5 Å². The van der Waals surface area contributed by atoms with E-state index < -0.39 is 0 Å². The van der Waals surface area contributed by atoms with Gasteiger partial charge in [-0.3, -0.25) is 4.79 Å². The molecule has 1 aliphatic rings. The zero-order chi connectivity index (χ0) is 19.3. The summed E-state index contributed by atoms with van der Waals surface area (Å²) in [6.07, 6.45) is 0.652. The zero-order valence-corrected chi connectivity index (χ0v) is 16.2. The van der Waals surface area contributed by atoms with Crippen LogP contribution in [0.5, 0.6) is 0 Å². The van der Waals surface area contributed by atoms with Gasteiger partial charge in [-0.1, -0.05) is 40.5 Å². The summed E-state index contributed by atoms with van der Waals surface area (Å²) in [5.74, 6) is 0.616. The zero-order valence-electron chi connectivity index (χ0n) is 14.7. The molecule has 0 saturated carbocycles. The molecule has 0 aliphatic carbocycles. The Bertz CT molecular complexity index is 1190. The first kappa shape index (κ1) is 17.3. The van der Waals surface area contributed by atoms with Gasteiger partial charge in [0.15, 0.2) is 5.76 Å². The highest BCUT2D eigenvalue weighted by Crippen LogP contribution is 2.32. The lowest BCUT2D eigenvalue weighted by atomic mass is 10.0. The Kier molecular flexibility index (Phi) is 4.14. The molecule has 5 nitrogen and oxygen atoms in total. The smallest absolute Gasteiger partial charge is 0.270 e. The van der Waals surface area contributed by atoms with Crippen molar-refractivity contribution >= 4 is 40.0 Å². The lowest BCUT2D eigenvalue weighted by Crippen LogP contribution is -2.36. The van der Waals surface area contributed by atoms with Crippen molar-refractivity contribution in [3.8, 4) is 11.3 Å². The topological polar surface area (TPSA) is 62.1 Å². The fourth-order valence-corrected chi connectivity index (χ4v) is 3.97. The molecule has 2 aromatic heterocycles. The Morgan fingerprint density at radius 2 is 1.96 bits per heavy atom. The highest BCUT2D eigenvalue weighted by molar-refractivity contribution is 6.35. The first-order chi connectivity index (χ1) is 13.6. The van der Waals surface area contributed by atoms with Crippen LogP contribution >= 0.6 is 23.2 Å². The SMILES string of the molecule is O=C(c1cc2cccc(Cl)c2[nH]1)N1CCc2noc(-c3ccc(Cl)cc3)c2C1. The maximum atomic E-state index is 13.1. The third-order valence-corrected chi connectivity index (χ3v) is 5.63. The number of hydrogen-bond donors (Lipinski definition) is 1. The van der Waals surface area contributed by atoms with Crippen molar-refractivity contribution in [1.82, 2.24) is 15.0 Å². The van der Waals surface area contributed by atoms with Gasteiger partial charge in [-0.15, -0.1) is 0 Å². The van der Waals surface area contributed by atoms with Crippen LogP contribution in [0, 0.1) is 0 Å². The Morgan fingerprint density at radius 3 is 2.75 bits per heavy atom. The summed E-state index contributed by atoms with van der Waals surface area (Å²) in [6.45, 7) is 1.03. The molecule has 28 heavy (non-hydrogen) atoms. The van der Waals surface area contributed by atoms with Crippen molar-refractivity contribution < 1.29 is 9.32 Å². The van der Waals surface area contributed by atoms with Gasteiger partial charge < -0.3 is 14.4 Å². The largest absolute Gasteiger partial charge is 0.356 e. The number of carbonyl (C=O) groups excluding carboxylic acids is 1. The Labute approximate surface area is 170 Å². The molecule has 0 atom stereocenters. The molecule has 7 heteroatoms. The summed E-state index contributed by atoms with van der Waals surface area (Å²) < 4.78 is 5.58. The standard InChI is InChI=1S/C21H15Cl2N3O2/c22-14-6-4-12(5-7-14)20-15-11-26(9-8-17(15)25-28-20)21(27)18-10-13-2-1-3-16(23)19(13)24-18/h1-7,10,24H,8-9,11H2. The van der Waals surface area contributed by atoms with Gasteiger partial charge in [-0.2, -0.15) is 0 Å². The predicted octanol–water partition coefficient (Wildman–Crippen LogP) is 5.33. The molecule has 3 heterocycles. The van der Waals surface area contributed by atoms with Gasteiger partial charge in [0.2, 0.25) is 0 Å². The van der Waals surface area contributed by atoms with Gasteiger partial charge in [-0.05, 0) is 36.4 Å². The number of amides is 1. The third kappa shape index (κ3) is 2.87. The number of halogens is 2. The van der Waals surface area contributed by atoms with Crippen LogP contribution in [0.4, 0.5) is 0 Å². The highest BCUT2D eigenvalue weighted by Gasteiger charge is 2.28. The van der Waals surface area contributed by atoms with Crippen LogP contribution in [-0.2, 0) is 13.0 Å². The van der Waals surface area contributed by atoms with Crippen molar-refractivity contribution in [1.29, 1.82) is 0 Å². The van der Waals surface area contributed by atoms with Crippen molar-refractivity contribution in [2.75, 3.05) is 6.54 Å². The van der Waals surface area contributed by atoms with Crippen LogP contribution in [0.25, 0.3) is 22.2 Å². The molecule has 0 spiro atoms. The van der Waals surface area contributed by atoms with E-state index in [2.05, 4.69) is 10.1 Å². The van der Waals surface area contributed by atoms with Gasteiger partial charge in [0.1, 0.15) is 5.69 Å². The summed E-state index contributed by atoms with van der Waals surface area (Å²) in [7, 11) is 0. The molecule has 0 bridgehead atoms. The number of aromatic amines is 1. The van der Waals surface area contributed by atoms with Crippen LogP contribution in [0.3, 0.4) is 0 Å². The molecule has 0 saturated heterocycles. The lowest BCUT2D eigenvalue weighted by molar-refractivity contribution is 0.0729. The minimum absolute atomic E-state index is 0.0684. The van der Waals surface area contributed by atoms with E-state index in [0.29, 0.717) is 41.0 Å². The summed E-state index contributed by atoms with van der Waals surface area (Å²) in [5, 5.41) is 6.37. The van der Waals surface area contributed by atoms with Crippen LogP contribution in [-0.4, -0.2) is 27.5 Å². The maximum Gasteiger partial charge on any atom is 0.270 e. The summed E-state index contributed by atoms with van der Waals surface area (Å²) in [5.41, 5.74) is 4.03. The molecule has 140 valence electrons. The molecule has 0 fully saturated rings. The highest BCUT2D eigenvalue weighted by atomic mass is 35.5. The average molecular weight is 412 g/mol. The fourth-order valence-electron chi connectivity index (χ4n) is 3.62. The Hall–Kier alpha value is -2.76. The van der Waals surface area contributed by atoms with E-state index in [4.69, 9.17) is 27.7 Å². The second kappa shape index (κ2) is 6.69. The van der Waals surface area contributed by atoms with Crippen molar-refractivity contribution in [2.24, 2.45) is 0 Å². The first-order valence-electron chi connectivity index (χ1n) is 8.90. The summed E-state index contributed by atoms with van der Waals surface area (Å²) in [4.78, 5) is 18.0. The quantitative estimate of drug-likeness (QED) is 0.484. The van der Waals surface area contributed by atoms with E-state index in [0.717, 1.165) is 27.7 Å². The van der Waals surface area contributed by atoms with E-state index in [1.165, 1.54) is 0 Å². The van der Waals surface area contributed by atoms with Crippen LogP contribution in [0.15, 0.2) is 53.1 Å². The number of nitrogens with one attached hydrogen (secondary N) is 1. The van der Waals surface area contributed by atoms with E-state index in [1.807, 2.05) is 42.5 Å². The number of para-hydroxylation sites is 1. The molecule has 1 amide bonds. The number of nitrogens with zero attached hydrogens (tertiary/aromatic N) is 2. The number of benzene rings is 2. The molecule has 1 N–H and O–H groups in total. The average Bonchev–Trinajstić information content (AvgIpc) is 3.33. The van der Waals surface area contributed by atoms with Crippen molar-refractivity contribution in [3.05, 3.63) is 75.5 Å². The van der Waals surface area contributed by atoms with E-state index in [-0.39, 0.29) is 5.91 Å². The minimum atomic E-state index is -0.0684. The molecule has 5 rings (SSSR count). The number of H-pyrrole nitrogens is 1. The molecule has 4 aromatic rings. The molecule has 0 radical (unpaired) electrons. The second-order valence-electron chi connectivity index (χ2n) is 6.81. The monoisotopic (exact) mass is 411 g/mol. The molecular formula is C21H15Cl2N3O2. The lowest BCUT2D eigenvalue weighted by Gasteiger charge is -2.26. The molecule has 1 aliphatic heterocycles. The number of hydrogen-bond acceptors (Lipinski definition) is 3. The minimum Gasteiger partial charge on any atom is -0.356 e. The number of fused-ring (bicyclic) bond motifs is 2. The van der Waals surface area contributed by atoms with Crippen LogP contribution < -0.4 is 0 Å². The molecule has 2 aromatic carbocycles. The Morgan fingerprint density at radius 1 is 1.14 bits per heavy atom. The van der Waals surface area contributed by atoms with Gasteiger partial charge >= 0.3 is 0 Å². The van der Waals surface area contributed by atoms with E-state index in [9.17, 15) is 4.79 Å². The summed E-state index contributed by atoms with van der Waals surface area (Å²) >= 11 is 12.2. The molecular weight excluding hydrogens is 397 g/mol. The first-order valence-corrected chi connectivity index (χ1v) is 9.65. The van der Waals surface area contributed by atoms with Crippen molar-refractivity contribution in [3.63, 3.8) is 0 Å². The number of carbonyl (C=O) groups is 1. The fraction of sp³-hybridized carbons (Fsp3) is 0.143. The number of rotatable bonds is 2. The Balaban J connectivity index is 1.46.